The highest BCUT2D eigenvalue weighted by Crippen LogP contribution is 2.32. The van der Waals surface area contributed by atoms with Crippen LogP contribution in [0.4, 0.5) is 9.52 Å². The Balaban J connectivity index is 1.42. The third-order valence-electron chi connectivity index (χ3n) is 5.26. The Morgan fingerprint density at radius 3 is 2.63 bits per heavy atom. The third-order valence-corrected chi connectivity index (χ3v) is 8.53. The van der Waals surface area contributed by atoms with E-state index in [2.05, 4.69) is 10.3 Å². The second-order valence-corrected chi connectivity index (χ2v) is 10.5. The van der Waals surface area contributed by atoms with Gasteiger partial charge in [0.1, 0.15) is 10.7 Å². The number of aromatic nitrogens is 1. The molecule has 1 fully saturated rings. The Labute approximate surface area is 182 Å². The molecular formula is C20H19ClFN3O3S2. The summed E-state index contributed by atoms with van der Waals surface area (Å²) in [5.74, 6) is -1.31. The van der Waals surface area contributed by atoms with Gasteiger partial charge in [-0.15, -0.1) is 0 Å². The van der Waals surface area contributed by atoms with E-state index in [0.29, 0.717) is 23.0 Å². The molecule has 0 aliphatic carbocycles. The van der Waals surface area contributed by atoms with Crippen LogP contribution in [0.3, 0.4) is 0 Å². The second-order valence-electron chi connectivity index (χ2n) is 7.14. The van der Waals surface area contributed by atoms with Crippen LogP contribution in [-0.4, -0.2) is 36.7 Å². The predicted molar refractivity (Wildman–Crippen MR) is 116 cm³/mol. The lowest BCUT2D eigenvalue weighted by Gasteiger charge is -2.30. The number of aryl methyl sites for hydroxylation is 1. The topological polar surface area (TPSA) is 79.4 Å². The van der Waals surface area contributed by atoms with Gasteiger partial charge in [-0.2, -0.15) is 4.31 Å². The zero-order chi connectivity index (χ0) is 21.5. The van der Waals surface area contributed by atoms with Crippen LogP contribution in [0, 0.1) is 18.7 Å². The Morgan fingerprint density at radius 2 is 1.93 bits per heavy atom. The van der Waals surface area contributed by atoms with E-state index in [1.807, 2.05) is 13.0 Å². The summed E-state index contributed by atoms with van der Waals surface area (Å²) in [4.78, 5) is 16.8. The molecule has 0 atom stereocenters. The molecule has 0 bridgehead atoms. The van der Waals surface area contributed by atoms with E-state index < -0.39 is 15.8 Å². The summed E-state index contributed by atoms with van der Waals surface area (Å²) in [6.07, 6.45) is 0.713. The highest BCUT2D eigenvalue weighted by molar-refractivity contribution is 7.89. The summed E-state index contributed by atoms with van der Waals surface area (Å²) in [5, 5.41) is 3.95. The third kappa shape index (κ3) is 3.94. The highest BCUT2D eigenvalue weighted by Gasteiger charge is 2.33. The molecular weight excluding hydrogens is 449 g/mol. The van der Waals surface area contributed by atoms with Gasteiger partial charge < -0.3 is 5.32 Å². The maximum Gasteiger partial charge on any atom is 0.245 e. The number of rotatable bonds is 4. The van der Waals surface area contributed by atoms with E-state index in [0.717, 1.165) is 21.8 Å². The molecule has 4 rings (SSSR count). The van der Waals surface area contributed by atoms with Crippen molar-refractivity contribution in [1.82, 2.24) is 9.29 Å². The smallest absolute Gasteiger partial charge is 0.245 e. The summed E-state index contributed by atoms with van der Waals surface area (Å²) < 4.78 is 41.5. The fraction of sp³-hybridized carbons (Fsp3) is 0.300. The maximum absolute atomic E-state index is 13.9. The van der Waals surface area contributed by atoms with Crippen LogP contribution in [0.25, 0.3) is 10.2 Å². The number of sulfonamides is 1. The Bertz CT molecular complexity index is 1220. The highest BCUT2D eigenvalue weighted by atomic mass is 35.5. The fourth-order valence-corrected chi connectivity index (χ4v) is 6.13. The van der Waals surface area contributed by atoms with Crippen LogP contribution in [0.1, 0.15) is 18.4 Å². The lowest BCUT2D eigenvalue weighted by atomic mass is 9.97. The van der Waals surface area contributed by atoms with Crippen molar-refractivity contribution < 1.29 is 17.6 Å². The van der Waals surface area contributed by atoms with Gasteiger partial charge in [-0.1, -0.05) is 35.1 Å². The predicted octanol–water partition coefficient (Wildman–Crippen LogP) is 4.44. The van der Waals surface area contributed by atoms with Crippen molar-refractivity contribution in [2.24, 2.45) is 5.92 Å². The van der Waals surface area contributed by atoms with Crippen LogP contribution in [0.15, 0.2) is 41.3 Å². The molecule has 0 unspecified atom stereocenters. The average Bonchev–Trinajstić information content (AvgIpc) is 3.14. The van der Waals surface area contributed by atoms with Crippen LogP contribution in [0.2, 0.25) is 5.02 Å². The summed E-state index contributed by atoms with van der Waals surface area (Å²) >= 11 is 7.50. The number of benzene rings is 2. The molecule has 1 aliphatic rings. The van der Waals surface area contributed by atoms with E-state index in [1.54, 1.807) is 6.07 Å². The van der Waals surface area contributed by atoms with Crippen molar-refractivity contribution in [3.05, 3.63) is 52.8 Å². The Kier molecular flexibility index (Phi) is 5.80. The van der Waals surface area contributed by atoms with E-state index in [1.165, 1.54) is 33.8 Å². The largest absolute Gasteiger partial charge is 0.302 e. The SMILES string of the molecule is Cc1c(Cl)ccc2sc(NC(=O)C3CCN(S(=O)(=O)c4ccccc4F)CC3)nc12. The molecule has 0 radical (unpaired) electrons. The molecule has 158 valence electrons. The van der Waals surface area contributed by atoms with Crippen LogP contribution in [0.5, 0.6) is 0 Å². The second kappa shape index (κ2) is 8.22. The van der Waals surface area contributed by atoms with Gasteiger partial charge in [0, 0.05) is 24.0 Å². The van der Waals surface area contributed by atoms with Gasteiger partial charge in [-0.05, 0) is 49.6 Å². The van der Waals surface area contributed by atoms with Crippen LogP contribution < -0.4 is 5.32 Å². The number of thiazole rings is 1. The van der Waals surface area contributed by atoms with Gasteiger partial charge in [-0.25, -0.2) is 17.8 Å². The van der Waals surface area contributed by atoms with E-state index in [9.17, 15) is 17.6 Å². The number of halogens is 2. The van der Waals surface area contributed by atoms with Crippen molar-refractivity contribution in [2.45, 2.75) is 24.7 Å². The molecule has 1 amide bonds. The Morgan fingerprint density at radius 1 is 1.23 bits per heavy atom. The van der Waals surface area contributed by atoms with Crippen molar-refractivity contribution in [2.75, 3.05) is 18.4 Å². The molecule has 1 N–H and O–H groups in total. The lowest BCUT2D eigenvalue weighted by Crippen LogP contribution is -2.41. The van der Waals surface area contributed by atoms with E-state index in [4.69, 9.17) is 11.6 Å². The molecule has 2 aromatic carbocycles. The van der Waals surface area contributed by atoms with Gasteiger partial charge in [0.05, 0.1) is 10.2 Å². The lowest BCUT2D eigenvalue weighted by molar-refractivity contribution is -0.120. The molecule has 2 heterocycles. The maximum atomic E-state index is 13.9. The van der Waals surface area contributed by atoms with Gasteiger partial charge in [-0.3, -0.25) is 4.79 Å². The monoisotopic (exact) mass is 467 g/mol. The van der Waals surface area contributed by atoms with Gasteiger partial charge in [0.15, 0.2) is 5.13 Å². The van der Waals surface area contributed by atoms with Gasteiger partial charge in [0.25, 0.3) is 0 Å². The summed E-state index contributed by atoms with van der Waals surface area (Å²) in [5.41, 5.74) is 1.62. The molecule has 0 saturated carbocycles. The molecule has 0 spiro atoms. The van der Waals surface area contributed by atoms with Crippen molar-refractivity contribution in [1.29, 1.82) is 0 Å². The van der Waals surface area contributed by atoms with Crippen molar-refractivity contribution >= 4 is 54.2 Å². The number of hydrogen-bond donors (Lipinski definition) is 1. The zero-order valence-electron chi connectivity index (χ0n) is 16.1. The number of piperidine rings is 1. The molecule has 10 heteroatoms. The first-order chi connectivity index (χ1) is 14.3. The number of nitrogens with one attached hydrogen (secondary N) is 1. The summed E-state index contributed by atoms with van der Waals surface area (Å²) in [7, 11) is -3.92. The average molecular weight is 468 g/mol. The van der Waals surface area contributed by atoms with Crippen LogP contribution in [-0.2, 0) is 14.8 Å². The van der Waals surface area contributed by atoms with E-state index in [-0.39, 0.29) is 29.8 Å². The molecule has 1 aliphatic heterocycles. The van der Waals surface area contributed by atoms with Gasteiger partial charge in [0.2, 0.25) is 15.9 Å². The first-order valence-electron chi connectivity index (χ1n) is 9.38. The minimum absolute atomic E-state index is 0.156. The molecule has 1 aromatic heterocycles. The van der Waals surface area contributed by atoms with E-state index >= 15 is 0 Å². The van der Waals surface area contributed by atoms with Crippen molar-refractivity contribution in [3.8, 4) is 0 Å². The number of nitrogens with zero attached hydrogens (tertiary/aromatic N) is 2. The van der Waals surface area contributed by atoms with Gasteiger partial charge >= 0.3 is 0 Å². The molecule has 30 heavy (non-hydrogen) atoms. The number of anilines is 1. The number of carbonyl (C=O) groups excluding carboxylic acids is 1. The first-order valence-corrected chi connectivity index (χ1v) is 12.0. The summed E-state index contributed by atoms with van der Waals surface area (Å²) in [6.45, 7) is 2.19. The zero-order valence-corrected chi connectivity index (χ0v) is 18.5. The molecule has 6 nitrogen and oxygen atoms in total. The first kappa shape index (κ1) is 21.2. The fourth-order valence-electron chi connectivity index (χ4n) is 3.51. The van der Waals surface area contributed by atoms with Crippen molar-refractivity contribution in [3.63, 3.8) is 0 Å². The quantitative estimate of drug-likeness (QED) is 0.615. The number of carbonyl (C=O) groups is 1. The molecule has 1 saturated heterocycles. The number of fused-ring (bicyclic) bond motifs is 1. The summed E-state index contributed by atoms with van der Waals surface area (Å²) in [6, 6.07) is 8.98. The Hall–Kier alpha value is -2.07. The standard InChI is InChI=1S/C20H19ClFN3O3S2/c1-12-14(21)6-7-16-18(12)23-20(29-16)24-19(26)13-8-10-25(11-9-13)30(27,28)17-5-3-2-4-15(17)22/h2-7,13H,8-11H2,1H3,(H,23,24,26). The minimum Gasteiger partial charge on any atom is -0.302 e. The normalized spacial score (nSPS) is 16.1. The number of hydrogen-bond acceptors (Lipinski definition) is 5. The minimum atomic E-state index is -3.92. The van der Waals surface area contributed by atoms with Crippen LogP contribution >= 0.6 is 22.9 Å². The molecule has 3 aromatic rings. The number of amides is 1.